The first-order chi connectivity index (χ1) is 12.5. The van der Waals surface area contributed by atoms with Gasteiger partial charge in [-0.15, -0.1) is 0 Å². The molecule has 0 aliphatic rings. The molecule has 2 amide bonds. The van der Waals surface area contributed by atoms with Crippen LogP contribution in [-0.2, 0) is 11.3 Å². The van der Waals surface area contributed by atoms with Gasteiger partial charge in [0.1, 0.15) is 5.82 Å². The van der Waals surface area contributed by atoms with E-state index in [1.807, 2.05) is 30.3 Å². The van der Waals surface area contributed by atoms with Gasteiger partial charge >= 0.3 is 0 Å². The molecule has 0 atom stereocenters. The van der Waals surface area contributed by atoms with Crippen molar-refractivity contribution < 1.29 is 14.0 Å². The Morgan fingerprint density at radius 1 is 0.962 bits per heavy atom. The van der Waals surface area contributed by atoms with Crippen LogP contribution in [0.1, 0.15) is 15.9 Å². The van der Waals surface area contributed by atoms with E-state index in [4.69, 9.17) is 0 Å². The topological polar surface area (TPSA) is 49.4 Å². The largest absolute Gasteiger partial charge is 0.343 e. The lowest BCUT2D eigenvalue weighted by Crippen LogP contribution is -2.37. The number of amides is 2. The molecule has 0 aliphatic heterocycles. The average molecular weight is 350 g/mol. The van der Waals surface area contributed by atoms with Crippen molar-refractivity contribution in [3.8, 4) is 0 Å². The molecule has 0 spiro atoms. The minimum atomic E-state index is -0.314. The van der Waals surface area contributed by atoms with Crippen LogP contribution in [0.2, 0.25) is 0 Å². The van der Waals surface area contributed by atoms with Crippen LogP contribution in [0.3, 0.4) is 0 Å². The molecule has 0 saturated carbocycles. The molecule has 4 nitrogen and oxygen atoms in total. The summed E-state index contributed by atoms with van der Waals surface area (Å²) in [6, 6.07) is 19.2. The highest BCUT2D eigenvalue weighted by atomic mass is 19.1. The summed E-state index contributed by atoms with van der Waals surface area (Å²) in [5.41, 5.74) is 1.33. The van der Waals surface area contributed by atoms with Crippen molar-refractivity contribution >= 4 is 22.6 Å². The van der Waals surface area contributed by atoms with E-state index >= 15 is 0 Å². The summed E-state index contributed by atoms with van der Waals surface area (Å²) in [7, 11) is 1.65. The molecule has 0 unspecified atom stereocenters. The van der Waals surface area contributed by atoms with E-state index in [0.29, 0.717) is 12.1 Å². The predicted molar refractivity (Wildman–Crippen MR) is 99.2 cm³/mol. The van der Waals surface area contributed by atoms with Crippen LogP contribution in [0, 0.1) is 5.82 Å². The van der Waals surface area contributed by atoms with Crippen LogP contribution in [-0.4, -0.2) is 30.3 Å². The third-order valence-electron chi connectivity index (χ3n) is 4.17. The van der Waals surface area contributed by atoms with Gasteiger partial charge in [0.25, 0.3) is 5.91 Å². The van der Waals surface area contributed by atoms with Crippen molar-refractivity contribution in [2.45, 2.75) is 6.54 Å². The quantitative estimate of drug-likeness (QED) is 0.767. The number of hydrogen-bond donors (Lipinski definition) is 1. The number of rotatable bonds is 5. The third-order valence-corrected chi connectivity index (χ3v) is 4.17. The molecule has 3 rings (SSSR count). The van der Waals surface area contributed by atoms with E-state index in [0.717, 1.165) is 16.3 Å². The summed E-state index contributed by atoms with van der Waals surface area (Å²) >= 11 is 0. The monoisotopic (exact) mass is 350 g/mol. The molecule has 0 bridgehead atoms. The Morgan fingerprint density at radius 2 is 1.65 bits per heavy atom. The zero-order valence-electron chi connectivity index (χ0n) is 14.4. The second kappa shape index (κ2) is 7.78. The lowest BCUT2D eigenvalue weighted by molar-refractivity contribution is -0.129. The summed E-state index contributed by atoms with van der Waals surface area (Å²) in [6.07, 6.45) is 0. The van der Waals surface area contributed by atoms with E-state index in [1.165, 1.54) is 17.0 Å². The van der Waals surface area contributed by atoms with Crippen molar-refractivity contribution in [3.05, 3.63) is 83.7 Å². The summed E-state index contributed by atoms with van der Waals surface area (Å²) in [4.78, 5) is 26.0. The number of nitrogens with one attached hydrogen (secondary N) is 1. The molecule has 0 heterocycles. The summed E-state index contributed by atoms with van der Waals surface area (Å²) in [5.74, 6) is -0.826. The normalized spacial score (nSPS) is 10.5. The molecule has 26 heavy (non-hydrogen) atoms. The minimum Gasteiger partial charge on any atom is -0.343 e. The van der Waals surface area contributed by atoms with Crippen LogP contribution in [0.15, 0.2) is 66.7 Å². The number of halogens is 1. The van der Waals surface area contributed by atoms with Gasteiger partial charge in [0.05, 0.1) is 6.54 Å². The fraction of sp³-hybridized carbons (Fsp3) is 0.143. The number of fused-ring (bicyclic) bond motifs is 1. The molecule has 3 aromatic rings. The molecule has 132 valence electrons. The molecule has 5 heteroatoms. The van der Waals surface area contributed by atoms with Crippen molar-refractivity contribution in [1.82, 2.24) is 10.2 Å². The maximum Gasteiger partial charge on any atom is 0.251 e. The van der Waals surface area contributed by atoms with Gasteiger partial charge in [-0.25, -0.2) is 4.39 Å². The molecule has 0 fully saturated rings. The predicted octanol–water partition coefficient (Wildman–Crippen LogP) is 3.37. The van der Waals surface area contributed by atoms with Crippen LogP contribution in [0.4, 0.5) is 4.39 Å². The molecule has 0 aliphatic carbocycles. The van der Waals surface area contributed by atoms with Crippen molar-refractivity contribution in [2.75, 3.05) is 13.6 Å². The zero-order valence-corrected chi connectivity index (χ0v) is 14.4. The molecule has 0 saturated heterocycles. The summed E-state index contributed by atoms with van der Waals surface area (Å²) in [6.45, 7) is 0.258. The maximum absolute atomic E-state index is 12.9. The molecule has 0 radical (unpaired) electrons. The number of hydrogen-bond acceptors (Lipinski definition) is 2. The summed E-state index contributed by atoms with van der Waals surface area (Å²) in [5, 5.41) is 4.68. The lowest BCUT2D eigenvalue weighted by Gasteiger charge is -2.17. The van der Waals surface area contributed by atoms with Gasteiger partial charge in [-0.1, -0.05) is 42.5 Å². The van der Waals surface area contributed by atoms with E-state index in [-0.39, 0.29) is 24.2 Å². The van der Waals surface area contributed by atoms with Crippen molar-refractivity contribution in [1.29, 1.82) is 0 Å². The van der Waals surface area contributed by atoms with Gasteiger partial charge in [-0.2, -0.15) is 0 Å². The highest BCUT2D eigenvalue weighted by Gasteiger charge is 2.12. The van der Waals surface area contributed by atoms with Crippen LogP contribution < -0.4 is 5.32 Å². The molecular weight excluding hydrogens is 331 g/mol. The fourth-order valence-corrected chi connectivity index (χ4v) is 2.68. The van der Waals surface area contributed by atoms with E-state index in [9.17, 15) is 14.0 Å². The van der Waals surface area contributed by atoms with Gasteiger partial charge in [0.15, 0.2) is 0 Å². The van der Waals surface area contributed by atoms with Gasteiger partial charge in [-0.3, -0.25) is 9.59 Å². The van der Waals surface area contributed by atoms with Crippen molar-refractivity contribution in [2.24, 2.45) is 0 Å². The maximum atomic E-state index is 12.9. The lowest BCUT2D eigenvalue weighted by atomic mass is 10.1. The van der Waals surface area contributed by atoms with E-state index in [1.54, 1.807) is 31.3 Å². The SMILES string of the molecule is CN(Cc1ccc(F)cc1)C(=O)CNC(=O)c1ccc2ccccc2c1. The number of carbonyl (C=O) groups is 2. The second-order valence-electron chi connectivity index (χ2n) is 6.12. The minimum absolute atomic E-state index is 0.0939. The highest BCUT2D eigenvalue weighted by molar-refractivity contribution is 5.99. The molecule has 3 aromatic carbocycles. The zero-order chi connectivity index (χ0) is 18.5. The Labute approximate surface area is 151 Å². The van der Waals surface area contributed by atoms with Crippen LogP contribution in [0.5, 0.6) is 0 Å². The Kier molecular flexibility index (Phi) is 5.27. The molecule has 0 aromatic heterocycles. The standard InChI is InChI=1S/C21H19FN2O2/c1-24(14-15-6-10-19(22)11-7-15)20(25)13-23-21(26)18-9-8-16-4-2-3-5-17(16)12-18/h2-12H,13-14H2,1H3,(H,23,26). The Bertz CT molecular complexity index is 938. The molecule has 1 N–H and O–H groups in total. The highest BCUT2D eigenvalue weighted by Crippen LogP contribution is 2.15. The van der Waals surface area contributed by atoms with Gasteiger partial charge in [0, 0.05) is 19.2 Å². The fourth-order valence-electron chi connectivity index (χ4n) is 2.68. The Balaban J connectivity index is 1.57. The Morgan fingerprint density at radius 3 is 2.38 bits per heavy atom. The van der Waals surface area contributed by atoms with Gasteiger partial charge in [0.2, 0.25) is 5.91 Å². The number of likely N-dealkylation sites (N-methyl/N-ethyl adjacent to an activating group) is 1. The van der Waals surface area contributed by atoms with Gasteiger partial charge in [-0.05, 0) is 40.6 Å². The van der Waals surface area contributed by atoms with Gasteiger partial charge < -0.3 is 10.2 Å². The van der Waals surface area contributed by atoms with Crippen LogP contribution >= 0.6 is 0 Å². The number of carbonyl (C=O) groups excluding carboxylic acids is 2. The second-order valence-corrected chi connectivity index (χ2v) is 6.12. The number of benzene rings is 3. The van der Waals surface area contributed by atoms with E-state index < -0.39 is 0 Å². The summed E-state index contributed by atoms with van der Waals surface area (Å²) < 4.78 is 12.9. The smallest absolute Gasteiger partial charge is 0.251 e. The Hall–Kier alpha value is -3.21. The first-order valence-corrected chi connectivity index (χ1v) is 8.28. The first kappa shape index (κ1) is 17.6. The first-order valence-electron chi connectivity index (χ1n) is 8.28. The van der Waals surface area contributed by atoms with Crippen molar-refractivity contribution in [3.63, 3.8) is 0 Å². The molecular formula is C21H19FN2O2. The number of nitrogens with zero attached hydrogens (tertiary/aromatic N) is 1. The van der Waals surface area contributed by atoms with Crippen LogP contribution in [0.25, 0.3) is 10.8 Å². The average Bonchev–Trinajstić information content (AvgIpc) is 2.67. The van der Waals surface area contributed by atoms with E-state index in [2.05, 4.69) is 5.32 Å². The third kappa shape index (κ3) is 4.25.